The number of nitrogens with one attached hydrogen (secondary N) is 1. The third kappa shape index (κ3) is 7.03. The van der Waals surface area contributed by atoms with Crippen LogP contribution in [0.2, 0.25) is 5.02 Å². The fourth-order valence-corrected chi connectivity index (χ4v) is 5.36. The van der Waals surface area contributed by atoms with E-state index < -0.39 is 57.4 Å². The highest BCUT2D eigenvalue weighted by Gasteiger charge is 2.38. The van der Waals surface area contributed by atoms with E-state index in [9.17, 15) is 19.4 Å². The number of ether oxygens (including phenoxy) is 1. The molecular formula is C36H34ClF3N4O4. The predicted octanol–water partition coefficient (Wildman–Crippen LogP) is 6.42. The highest BCUT2D eigenvalue weighted by molar-refractivity contribution is 6.31. The molecule has 0 aliphatic heterocycles. The van der Waals surface area contributed by atoms with Gasteiger partial charge < -0.3 is 26.0 Å². The van der Waals surface area contributed by atoms with Crippen molar-refractivity contribution in [2.75, 3.05) is 12.3 Å². The van der Waals surface area contributed by atoms with Crippen LogP contribution in [0.25, 0.3) is 11.3 Å². The van der Waals surface area contributed by atoms with E-state index in [0.717, 1.165) is 37.8 Å². The maximum Gasteiger partial charge on any atom is 0.251 e. The number of pyridine rings is 1. The summed E-state index contributed by atoms with van der Waals surface area (Å²) in [5.74, 6) is -3.56. The maximum absolute atomic E-state index is 16.0. The lowest BCUT2D eigenvalue weighted by atomic mass is 9.86. The summed E-state index contributed by atoms with van der Waals surface area (Å²) in [6, 6.07) is 14.0. The van der Waals surface area contributed by atoms with Crippen LogP contribution < -0.4 is 15.8 Å². The highest BCUT2D eigenvalue weighted by Crippen LogP contribution is 2.38. The average Bonchev–Trinajstić information content (AvgIpc) is 3.99. The van der Waals surface area contributed by atoms with Gasteiger partial charge in [0.25, 0.3) is 5.91 Å². The van der Waals surface area contributed by atoms with Crippen LogP contribution in [0, 0.1) is 17.5 Å². The van der Waals surface area contributed by atoms with Crippen LogP contribution in [0.5, 0.6) is 5.75 Å². The van der Waals surface area contributed by atoms with Crippen LogP contribution >= 0.6 is 11.6 Å². The molecule has 1 heterocycles. The first-order valence-electron chi connectivity index (χ1n) is 15.5. The van der Waals surface area contributed by atoms with E-state index in [2.05, 4.69) is 15.3 Å². The lowest BCUT2D eigenvalue weighted by Crippen LogP contribution is -2.42. The maximum atomic E-state index is 16.0. The van der Waals surface area contributed by atoms with Gasteiger partial charge in [0.05, 0.1) is 40.7 Å². The first kappa shape index (κ1) is 33.5. The van der Waals surface area contributed by atoms with Gasteiger partial charge in [-0.2, -0.15) is 0 Å². The number of nitrogen functional groups attached to an aromatic ring is 1. The van der Waals surface area contributed by atoms with Gasteiger partial charge in [0.1, 0.15) is 28.7 Å². The fraction of sp³-hybridized carbons (Fsp3) is 0.306. The Hall–Kier alpha value is -4.45. The van der Waals surface area contributed by atoms with Gasteiger partial charge in [0, 0.05) is 34.5 Å². The number of hydrogen-bond acceptors (Lipinski definition) is 7. The van der Waals surface area contributed by atoms with Gasteiger partial charge in [-0.1, -0.05) is 41.9 Å². The second-order valence-electron chi connectivity index (χ2n) is 12.7. The minimum absolute atomic E-state index is 0.00606. The molecule has 4 aromatic rings. The lowest BCUT2D eigenvalue weighted by Gasteiger charge is -2.31. The molecule has 0 bridgehead atoms. The van der Waals surface area contributed by atoms with E-state index in [1.807, 2.05) is 0 Å². The summed E-state index contributed by atoms with van der Waals surface area (Å²) < 4.78 is 51.1. The normalized spacial score (nSPS) is 16.2. The molecule has 0 unspecified atom stereocenters. The number of halogens is 4. The van der Waals surface area contributed by atoms with Gasteiger partial charge in [0.15, 0.2) is 5.82 Å². The molecule has 2 fully saturated rings. The molecule has 2 aliphatic carbocycles. The number of aromatic nitrogens is 1. The van der Waals surface area contributed by atoms with E-state index in [1.54, 1.807) is 42.6 Å². The molecule has 3 aromatic carbocycles. The molecule has 2 saturated carbocycles. The molecule has 2 aliphatic rings. The van der Waals surface area contributed by atoms with Crippen molar-refractivity contribution in [2.45, 2.75) is 62.9 Å². The second-order valence-corrected chi connectivity index (χ2v) is 13.1. The molecule has 0 saturated heterocycles. The Morgan fingerprint density at radius 1 is 1.06 bits per heavy atom. The third-order valence-electron chi connectivity index (χ3n) is 8.29. The predicted molar refractivity (Wildman–Crippen MR) is 177 cm³/mol. The van der Waals surface area contributed by atoms with Crippen molar-refractivity contribution < 1.29 is 32.9 Å². The number of amides is 1. The molecule has 6 rings (SSSR count). The molecule has 250 valence electrons. The Kier molecular flexibility index (Phi) is 8.97. The van der Waals surface area contributed by atoms with E-state index in [0.29, 0.717) is 23.1 Å². The number of aliphatic imine (C=N–C) groups is 1. The van der Waals surface area contributed by atoms with Crippen LogP contribution in [0.4, 0.5) is 18.9 Å². The number of benzene rings is 3. The molecular weight excluding hydrogens is 645 g/mol. The number of aliphatic hydroxyl groups is 2. The van der Waals surface area contributed by atoms with Crippen molar-refractivity contribution in [1.82, 2.24) is 10.3 Å². The summed E-state index contributed by atoms with van der Waals surface area (Å²) in [7, 11) is 0. The van der Waals surface area contributed by atoms with Gasteiger partial charge in [-0.25, -0.2) is 18.2 Å². The van der Waals surface area contributed by atoms with Crippen molar-refractivity contribution in [3.63, 3.8) is 0 Å². The number of carbonyl (C=O) groups is 1. The minimum Gasteiger partial charge on any atom is -0.488 e. The number of hydrogen-bond donors (Lipinski definition) is 4. The lowest BCUT2D eigenvalue weighted by molar-refractivity contribution is 0.0625. The molecule has 1 amide bonds. The largest absolute Gasteiger partial charge is 0.488 e. The fourth-order valence-electron chi connectivity index (χ4n) is 5.19. The molecule has 5 N–H and O–H groups in total. The number of carbonyl (C=O) groups excluding carboxylic acids is 1. The molecule has 1 aromatic heterocycles. The molecule has 48 heavy (non-hydrogen) atoms. The monoisotopic (exact) mass is 678 g/mol. The number of anilines is 1. The summed E-state index contributed by atoms with van der Waals surface area (Å²) in [6.45, 7) is 2.13. The van der Waals surface area contributed by atoms with Crippen LogP contribution in [0.15, 0.2) is 65.7 Å². The smallest absolute Gasteiger partial charge is 0.251 e. The van der Waals surface area contributed by atoms with E-state index in [1.165, 1.54) is 19.9 Å². The van der Waals surface area contributed by atoms with E-state index >= 15 is 8.78 Å². The summed E-state index contributed by atoms with van der Waals surface area (Å²) in [5, 5.41) is 25.6. The molecule has 1 atom stereocenters. The second kappa shape index (κ2) is 12.9. The number of rotatable bonds is 11. The summed E-state index contributed by atoms with van der Waals surface area (Å²) in [4.78, 5) is 22.5. The zero-order valence-electron chi connectivity index (χ0n) is 26.2. The quantitative estimate of drug-likeness (QED) is 0.0824. The summed E-state index contributed by atoms with van der Waals surface area (Å²) in [5.41, 5.74) is 2.06. The van der Waals surface area contributed by atoms with Crippen molar-refractivity contribution in [3.05, 3.63) is 111 Å². The van der Waals surface area contributed by atoms with Crippen molar-refractivity contribution in [3.8, 4) is 17.0 Å². The Balaban J connectivity index is 1.42. The standard InChI is InChI=1S/C36H34ClF3N4O4/c1-35(2,46)25-15-30(44-33(31(25)40)24-14-26(37)28(39)16-27(24)38)36(47,21-6-4-3-5-7-21)18-43-34(45)19-12-20(17-42-22-8-9-22)32(41)29(13-19)48-23-10-11-23/h3-7,12-17,22-23,46-47H,8-11,18,41H2,1-2H3,(H,43,45)/t36-/m1/s1. The minimum atomic E-state index is -2.14. The van der Waals surface area contributed by atoms with Gasteiger partial charge in [-0.15, -0.1) is 0 Å². The van der Waals surface area contributed by atoms with Gasteiger partial charge in [0.2, 0.25) is 0 Å². The van der Waals surface area contributed by atoms with Gasteiger partial charge in [-0.3, -0.25) is 9.79 Å². The molecule has 0 radical (unpaired) electrons. The highest BCUT2D eigenvalue weighted by atomic mass is 35.5. The number of nitrogens with two attached hydrogens (primary N) is 1. The number of nitrogens with zero attached hydrogens (tertiary/aromatic N) is 2. The van der Waals surface area contributed by atoms with Crippen LogP contribution in [0.1, 0.15) is 72.3 Å². The van der Waals surface area contributed by atoms with Crippen LogP contribution in [-0.2, 0) is 11.2 Å². The van der Waals surface area contributed by atoms with Crippen molar-refractivity contribution in [2.24, 2.45) is 4.99 Å². The first-order chi connectivity index (χ1) is 22.7. The summed E-state index contributed by atoms with van der Waals surface area (Å²) in [6.07, 6.45) is 5.35. The molecule has 12 heteroatoms. The van der Waals surface area contributed by atoms with Gasteiger partial charge in [-0.05, 0) is 69.4 Å². The van der Waals surface area contributed by atoms with Crippen molar-refractivity contribution in [1.29, 1.82) is 0 Å². The van der Waals surface area contributed by atoms with E-state index in [4.69, 9.17) is 22.1 Å². The Bertz CT molecular complexity index is 1910. The van der Waals surface area contributed by atoms with Crippen molar-refractivity contribution >= 4 is 29.4 Å². The zero-order chi connectivity index (χ0) is 34.4. The van der Waals surface area contributed by atoms with E-state index in [-0.39, 0.29) is 34.5 Å². The molecule has 8 nitrogen and oxygen atoms in total. The SMILES string of the molecule is CC(C)(O)c1cc([C@@](O)(CNC(=O)c2cc(C=NC3CC3)c(N)c(OC3CC3)c2)c2ccccc2)nc(-c2cc(Cl)c(F)cc2F)c1F. The first-order valence-corrected chi connectivity index (χ1v) is 15.9. The topological polar surface area (TPSA) is 130 Å². The van der Waals surface area contributed by atoms with Crippen LogP contribution in [-0.4, -0.2) is 46.0 Å². The van der Waals surface area contributed by atoms with Gasteiger partial charge >= 0.3 is 0 Å². The average molecular weight is 679 g/mol. The van der Waals surface area contributed by atoms with Crippen LogP contribution in [0.3, 0.4) is 0 Å². The Morgan fingerprint density at radius 2 is 1.77 bits per heavy atom. The third-order valence-corrected chi connectivity index (χ3v) is 8.58. The molecule has 0 spiro atoms. The Morgan fingerprint density at radius 3 is 2.42 bits per heavy atom. The Labute approximate surface area is 280 Å². The zero-order valence-corrected chi connectivity index (χ0v) is 27.0. The summed E-state index contributed by atoms with van der Waals surface area (Å²) >= 11 is 5.92.